The van der Waals surface area contributed by atoms with Crippen LogP contribution in [0.1, 0.15) is 20.8 Å². The Morgan fingerprint density at radius 1 is 1.17 bits per heavy atom. The van der Waals surface area contributed by atoms with Gasteiger partial charge in [-0.15, -0.1) is 0 Å². The van der Waals surface area contributed by atoms with Crippen molar-refractivity contribution in [3.63, 3.8) is 0 Å². The van der Waals surface area contributed by atoms with Crippen molar-refractivity contribution in [3.8, 4) is 0 Å². The van der Waals surface area contributed by atoms with E-state index in [2.05, 4.69) is 26.1 Å². The van der Waals surface area contributed by atoms with Crippen LogP contribution >= 0.6 is 0 Å². The highest BCUT2D eigenvalue weighted by molar-refractivity contribution is 5.73. The van der Waals surface area contributed by atoms with Crippen LogP contribution in [0.4, 0.5) is 31.8 Å². The van der Waals surface area contributed by atoms with E-state index in [0.29, 0.717) is 6.07 Å². The van der Waals surface area contributed by atoms with E-state index in [-0.39, 0.29) is 22.9 Å². The lowest BCUT2D eigenvalue weighted by Gasteiger charge is -2.21. The number of nitro groups is 1. The van der Waals surface area contributed by atoms with Gasteiger partial charge in [-0.2, -0.15) is 0 Å². The summed E-state index contributed by atoms with van der Waals surface area (Å²) >= 11 is 0. The summed E-state index contributed by atoms with van der Waals surface area (Å²) in [5.74, 6) is -1.97. The Bertz CT molecular complexity index is 763. The van der Waals surface area contributed by atoms with Crippen molar-refractivity contribution < 1.29 is 13.7 Å². The number of aromatic nitrogens is 2. The monoisotopic (exact) mass is 338 g/mol. The van der Waals surface area contributed by atoms with Crippen molar-refractivity contribution in [1.29, 1.82) is 0 Å². The summed E-state index contributed by atoms with van der Waals surface area (Å²) in [6, 6.07) is 2.81. The molecule has 0 amide bonds. The van der Waals surface area contributed by atoms with Gasteiger partial charge in [-0.3, -0.25) is 15.5 Å². The molecule has 0 saturated heterocycles. The first-order chi connectivity index (χ1) is 11.2. The maximum Gasteiger partial charge on any atom is 0.354 e. The molecule has 24 heavy (non-hydrogen) atoms. The van der Waals surface area contributed by atoms with Crippen LogP contribution in [0.2, 0.25) is 0 Å². The van der Waals surface area contributed by atoms with E-state index in [0.717, 1.165) is 18.5 Å². The van der Waals surface area contributed by atoms with Gasteiger partial charge < -0.3 is 5.32 Å². The molecule has 2 rings (SSSR count). The Morgan fingerprint density at radius 3 is 2.42 bits per heavy atom. The Balaban J connectivity index is 2.37. The molecule has 2 aromatic rings. The second-order valence-electron chi connectivity index (χ2n) is 5.93. The maximum absolute atomic E-state index is 13.7. The lowest BCUT2D eigenvalue weighted by molar-refractivity contribution is -0.383. The SMILES string of the molecule is CC(C)(C)NNc1ncnc(Nc2ccc(F)cc2F)c1[N+](=O)[O-]. The van der Waals surface area contributed by atoms with Gasteiger partial charge in [0.15, 0.2) is 0 Å². The molecule has 128 valence electrons. The molecule has 10 heteroatoms. The Hall–Kier alpha value is -2.88. The summed E-state index contributed by atoms with van der Waals surface area (Å²) in [7, 11) is 0. The minimum atomic E-state index is -0.898. The fourth-order valence-electron chi connectivity index (χ4n) is 1.70. The summed E-state index contributed by atoms with van der Waals surface area (Å²) in [5, 5.41) is 13.8. The van der Waals surface area contributed by atoms with Crippen molar-refractivity contribution in [3.05, 3.63) is 46.3 Å². The Kier molecular flexibility index (Phi) is 4.88. The number of hydrogen-bond acceptors (Lipinski definition) is 7. The number of hydrogen-bond donors (Lipinski definition) is 3. The molecule has 0 bridgehead atoms. The lowest BCUT2D eigenvalue weighted by atomic mass is 10.1. The molecule has 1 heterocycles. The topological polar surface area (TPSA) is 105 Å². The molecule has 0 aliphatic carbocycles. The predicted octanol–water partition coefficient (Wildman–Crippen LogP) is 3.12. The van der Waals surface area contributed by atoms with Crippen LogP contribution in [0, 0.1) is 21.7 Å². The first-order valence-electron chi connectivity index (χ1n) is 6.92. The first-order valence-corrected chi connectivity index (χ1v) is 6.92. The molecule has 0 aliphatic heterocycles. The second kappa shape index (κ2) is 6.71. The van der Waals surface area contributed by atoms with Crippen LogP contribution in [-0.2, 0) is 0 Å². The van der Waals surface area contributed by atoms with E-state index in [1.807, 2.05) is 20.8 Å². The van der Waals surface area contributed by atoms with Gasteiger partial charge in [-0.1, -0.05) is 0 Å². The third kappa shape index (κ3) is 4.32. The van der Waals surface area contributed by atoms with Crippen molar-refractivity contribution in [2.24, 2.45) is 0 Å². The van der Waals surface area contributed by atoms with E-state index in [1.165, 1.54) is 0 Å². The molecule has 0 aliphatic rings. The van der Waals surface area contributed by atoms with Crippen LogP contribution < -0.4 is 16.2 Å². The summed E-state index contributed by atoms with van der Waals surface area (Å²) < 4.78 is 26.7. The molecule has 0 saturated carbocycles. The number of nitrogens with one attached hydrogen (secondary N) is 3. The van der Waals surface area contributed by atoms with E-state index in [9.17, 15) is 18.9 Å². The molecule has 0 fully saturated rings. The molecule has 0 spiro atoms. The van der Waals surface area contributed by atoms with Gasteiger partial charge in [-0.05, 0) is 32.9 Å². The van der Waals surface area contributed by atoms with Crippen LogP contribution in [-0.4, -0.2) is 20.4 Å². The number of benzene rings is 1. The molecule has 0 atom stereocenters. The zero-order valence-electron chi connectivity index (χ0n) is 13.2. The van der Waals surface area contributed by atoms with Gasteiger partial charge in [0.1, 0.15) is 18.0 Å². The molecular weight excluding hydrogens is 322 g/mol. The number of halogens is 2. The maximum atomic E-state index is 13.7. The fraction of sp³-hybridized carbons (Fsp3) is 0.286. The average molecular weight is 338 g/mol. The zero-order chi connectivity index (χ0) is 17.9. The average Bonchev–Trinajstić information content (AvgIpc) is 2.47. The van der Waals surface area contributed by atoms with Crippen LogP contribution in [0.3, 0.4) is 0 Å². The number of hydrazine groups is 1. The Morgan fingerprint density at radius 2 is 1.83 bits per heavy atom. The molecule has 0 radical (unpaired) electrons. The predicted molar refractivity (Wildman–Crippen MR) is 84.8 cm³/mol. The highest BCUT2D eigenvalue weighted by Crippen LogP contribution is 2.31. The smallest absolute Gasteiger partial charge is 0.332 e. The van der Waals surface area contributed by atoms with Gasteiger partial charge in [0.25, 0.3) is 0 Å². The quantitative estimate of drug-likeness (QED) is 0.568. The zero-order valence-corrected chi connectivity index (χ0v) is 13.2. The second-order valence-corrected chi connectivity index (χ2v) is 5.93. The van der Waals surface area contributed by atoms with Gasteiger partial charge in [-0.25, -0.2) is 24.2 Å². The Labute approximate surface area is 136 Å². The van der Waals surface area contributed by atoms with Crippen LogP contribution in [0.5, 0.6) is 0 Å². The standard InChI is InChI=1S/C14H16F2N6O2/c1-14(2,3)21-20-13-11(22(23)24)12(17-7-18-13)19-10-5-4-8(15)6-9(10)16/h4-7,21H,1-3H3,(H2,17,18,19,20). The van der Waals surface area contributed by atoms with E-state index in [1.54, 1.807) is 0 Å². The van der Waals surface area contributed by atoms with Crippen molar-refractivity contribution in [2.45, 2.75) is 26.3 Å². The van der Waals surface area contributed by atoms with Crippen LogP contribution in [0.25, 0.3) is 0 Å². The fourth-order valence-corrected chi connectivity index (χ4v) is 1.70. The summed E-state index contributed by atoms with van der Waals surface area (Å²) in [6.45, 7) is 5.54. The van der Waals surface area contributed by atoms with Gasteiger partial charge >= 0.3 is 5.69 Å². The molecule has 1 aromatic heterocycles. The summed E-state index contributed by atoms with van der Waals surface area (Å²) in [5.41, 5.74) is 4.50. The molecule has 1 aromatic carbocycles. The number of nitrogens with zero attached hydrogens (tertiary/aromatic N) is 3. The first kappa shape index (κ1) is 17.5. The summed E-state index contributed by atoms with van der Waals surface area (Å²) in [4.78, 5) is 18.3. The van der Waals surface area contributed by atoms with Gasteiger partial charge in [0.05, 0.1) is 10.6 Å². The summed E-state index contributed by atoms with van der Waals surface area (Å²) in [6.07, 6.45) is 1.09. The van der Waals surface area contributed by atoms with Crippen molar-refractivity contribution in [1.82, 2.24) is 15.4 Å². The third-order valence-corrected chi connectivity index (χ3v) is 2.74. The van der Waals surface area contributed by atoms with E-state index in [4.69, 9.17) is 0 Å². The van der Waals surface area contributed by atoms with Gasteiger partial charge in [0.2, 0.25) is 11.6 Å². The molecular formula is C14H16F2N6O2. The lowest BCUT2D eigenvalue weighted by Crippen LogP contribution is -2.40. The van der Waals surface area contributed by atoms with E-state index >= 15 is 0 Å². The molecule has 0 unspecified atom stereocenters. The number of rotatable bonds is 5. The van der Waals surface area contributed by atoms with Crippen molar-refractivity contribution in [2.75, 3.05) is 10.7 Å². The molecule has 3 N–H and O–H groups in total. The highest BCUT2D eigenvalue weighted by atomic mass is 19.1. The highest BCUT2D eigenvalue weighted by Gasteiger charge is 2.24. The van der Waals surface area contributed by atoms with E-state index < -0.39 is 22.2 Å². The number of anilines is 3. The molecule has 8 nitrogen and oxygen atoms in total. The van der Waals surface area contributed by atoms with Gasteiger partial charge in [0, 0.05) is 11.6 Å². The minimum absolute atomic E-state index is 0.0880. The minimum Gasteiger partial charge on any atom is -0.332 e. The largest absolute Gasteiger partial charge is 0.354 e. The van der Waals surface area contributed by atoms with Crippen LogP contribution in [0.15, 0.2) is 24.5 Å². The normalized spacial score (nSPS) is 11.2. The third-order valence-electron chi connectivity index (χ3n) is 2.74. The van der Waals surface area contributed by atoms with Crippen molar-refractivity contribution >= 4 is 23.0 Å².